The van der Waals surface area contributed by atoms with Crippen molar-refractivity contribution in [3.63, 3.8) is 0 Å². The molecule has 0 radical (unpaired) electrons. The number of imidazole rings is 1. The molecule has 3 aromatic rings. The molecule has 0 bridgehead atoms. The summed E-state index contributed by atoms with van der Waals surface area (Å²) < 4.78 is 0. The fourth-order valence-corrected chi connectivity index (χ4v) is 4.04. The number of H-pyrrole nitrogens is 1. The second-order valence-corrected chi connectivity index (χ2v) is 7.84. The number of benzene rings is 2. The number of rotatable bonds is 7. The number of hydrogen-bond acceptors (Lipinski definition) is 4. The maximum absolute atomic E-state index is 12.8. The third kappa shape index (κ3) is 3.75. The third-order valence-electron chi connectivity index (χ3n) is 4.96. The molecule has 28 heavy (non-hydrogen) atoms. The molecule has 2 unspecified atom stereocenters. The number of carbonyl (C=O) groups excluding carboxylic acids is 2. The van der Waals surface area contributed by atoms with Crippen LogP contribution in [-0.4, -0.2) is 33.8 Å². The standard InChI is InChI=1S/C21H22N4O2S/c1-28-11-10-17(20-23-15-8-4-5-9-16(15)24-20)22-19(26)12-18-13-6-2-3-7-14(13)21(27)25-18/h2-9,17-18H,10-12H2,1H3,(H,22,26)(H,23,24)(H,25,27). The average Bonchev–Trinajstić information content (AvgIpc) is 3.27. The molecule has 0 aliphatic carbocycles. The molecule has 7 heteroatoms. The van der Waals surface area contributed by atoms with Crippen LogP contribution in [0.4, 0.5) is 0 Å². The first-order chi connectivity index (χ1) is 13.7. The molecule has 1 aromatic heterocycles. The highest BCUT2D eigenvalue weighted by Gasteiger charge is 2.30. The molecule has 2 aromatic carbocycles. The van der Waals surface area contributed by atoms with E-state index in [1.54, 1.807) is 17.8 Å². The van der Waals surface area contributed by atoms with Crippen molar-refractivity contribution in [2.24, 2.45) is 0 Å². The normalized spacial score (nSPS) is 16.6. The lowest BCUT2D eigenvalue weighted by atomic mass is 10.0. The second-order valence-electron chi connectivity index (χ2n) is 6.86. The van der Waals surface area contributed by atoms with Crippen LogP contribution in [0.15, 0.2) is 48.5 Å². The quantitative estimate of drug-likeness (QED) is 0.574. The number of nitrogens with zero attached hydrogens (tertiary/aromatic N) is 1. The average molecular weight is 395 g/mol. The Hall–Kier alpha value is -2.80. The van der Waals surface area contributed by atoms with Gasteiger partial charge in [-0.25, -0.2) is 4.98 Å². The highest BCUT2D eigenvalue weighted by molar-refractivity contribution is 7.98. The van der Waals surface area contributed by atoms with Crippen LogP contribution in [0.5, 0.6) is 0 Å². The summed E-state index contributed by atoms with van der Waals surface area (Å²) in [5.74, 6) is 1.45. The number of para-hydroxylation sites is 2. The van der Waals surface area contributed by atoms with Crippen molar-refractivity contribution in [2.45, 2.75) is 24.9 Å². The highest BCUT2D eigenvalue weighted by atomic mass is 32.2. The van der Waals surface area contributed by atoms with Crippen LogP contribution in [-0.2, 0) is 4.79 Å². The molecule has 3 N–H and O–H groups in total. The molecule has 2 amide bonds. The van der Waals surface area contributed by atoms with Crippen molar-refractivity contribution in [1.29, 1.82) is 0 Å². The predicted molar refractivity (Wildman–Crippen MR) is 111 cm³/mol. The van der Waals surface area contributed by atoms with Gasteiger partial charge >= 0.3 is 0 Å². The van der Waals surface area contributed by atoms with Crippen molar-refractivity contribution in [2.75, 3.05) is 12.0 Å². The van der Waals surface area contributed by atoms with E-state index < -0.39 is 0 Å². The van der Waals surface area contributed by atoms with Gasteiger partial charge < -0.3 is 15.6 Å². The number of fused-ring (bicyclic) bond motifs is 2. The lowest BCUT2D eigenvalue weighted by molar-refractivity contribution is -0.122. The van der Waals surface area contributed by atoms with Gasteiger partial charge in [0.05, 0.1) is 29.5 Å². The van der Waals surface area contributed by atoms with Crippen molar-refractivity contribution < 1.29 is 9.59 Å². The maximum Gasteiger partial charge on any atom is 0.252 e. The van der Waals surface area contributed by atoms with Crippen LogP contribution in [0.2, 0.25) is 0 Å². The fraction of sp³-hybridized carbons (Fsp3) is 0.286. The Morgan fingerprint density at radius 3 is 2.82 bits per heavy atom. The van der Waals surface area contributed by atoms with E-state index in [2.05, 4.69) is 20.6 Å². The van der Waals surface area contributed by atoms with E-state index in [1.807, 2.05) is 48.7 Å². The van der Waals surface area contributed by atoms with E-state index in [4.69, 9.17) is 0 Å². The van der Waals surface area contributed by atoms with Crippen LogP contribution in [0.3, 0.4) is 0 Å². The first kappa shape index (κ1) is 18.6. The number of nitrogens with one attached hydrogen (secondary N) is 3. The molecule has 0 saturated heterocycles. The number of carbonyl (C=O) groups is 2. The molecule has 2 heterocycles. The predicted octanol–water partition coefficient (Wildman–Crippen LogP) is 3.35. The van der Waals surface area contributed by atoms with Gasteiger partial charge in [0, 0.05) is 5.56 Å². The van der Waals surface area contributed by atoms with E-state index in [-0.39, 0.29) is 30.3 Å². The van der Waals surface area contributed by atoms with Gasteiger partial charge in [0.15, 0.2) is 0 Å². The number of aromatic nitrogens is 2. The van der Waals surface area contributed by atoms with E-state index >= 15 is 0 Å². The molecule has 0 spiro atoms. The van der Waals surface area contributed by atoms with E-state index in [0.29, 0.717) is 5.56 Å². The molecule has 4 rings (SSSR count). The molecular weight excluding hydrogens is 372 g/mol. The van der Waals surface area contributed by atoms with Gasteiger partial charge in [-0.1, -0.05) is 30.3 Å². The molecular formula is C21H22N4O2S. The summed E-state index contributed by atoms with van der Waals surface area (Å²) in [5.41, 5.74) is 3.37. The summed E-state index contributed by atoms with van der Waals surface area (Å²) in [6, 6.07) is 14.8. The molecule has 6 nitrogen and oxygen atoms in total. The molecule has 0 saturated carbocycles. The molecule has 1 aliphatic heterocycles. The minimum Gasteiger partial charge on any atom is -0.346 e. The largest absolute Gasteiger partial charge is 0.346 e. The molecule has 0 fully saturated rings. The fourth-order valence-electron chi connectivity index (χ4n) is 3.57. The monoisotopic (exact) mass is 394 g/mol. The third-order valence-corrected chi connectivity index (χ3v) is 5.60. The Bertz CT molecular complexity index is 983. The zero-order chi connectivity index (χ0) is 19.5. The Balaban J connectivity index is 1.49. The molecule has 144 valence electrons. The first-order valence-electron chi connectivity index (χ1n) is 9.28. The Kier molecular flexibility index (Phi) is 5.34. The van der Waals surface area contributed by atoms with Crippen LogP contribution in [0, 0.1) is 0 Å². The Morgan fingerprint density at radius 2 is 2.00 bits per heavy atom. The van der Waals surface area contributed by atoms with Crippen LogP contribution >= 0.6 is 11.8 Å². The summed E-state index contributed by atoms with van der Waals surface area (Å²) in [5, 5.41) is 6.00. The van der Waals surface area contributed by atoms with Gasteiger partial charge in [0.2, 0.25) is 5.91 Å². The SMILES string of the molecule is CSCCC(NC(=O)CC1NC(=O)c2ccccc21)c1nc2ccccc2[nH]1. The Labute approximate surface area is 167 Å². The van der Waals surface area contributed by atoms with Crippen LogP contribution < -0.4 is 10.6 Å². The van der Waals surface area contributed by atoms with Gasteiger partial charge in [-0.05, 0) is 42.2 Å². The topological polar surface area (TPSA) is 86.9 Å². The number of thioether (sulfide) groups is 1. The first-order valence-corrected chi connectivity index (χ1v) is 10.7. The minimum atomic E-state index is -0.291. The highest BCUT2D eigenvalue weighted by Crippen LogP contribution is 2.28. The van der Waals surface area contributed by atoms with Gasteiger partial charge in [-0.2, -0.15) is 11.8 Å². The van der Waals surface area contributed by atoms with Crippen LogP contribution in [0.25, 0.3) is 11.0 Å². The smallest absolute Gasteiger partial charge is 0.252 e. The summed E-state index contributed by atoms with van der Waals surface area (Å²) in [6.45, 7) is 0. The number of hydrogen-bond donors (Lipinski definition) is 3. The van der Waals surface area contributed by atoms with Crippen molar-refractivity contribution in [1.82, 2.24) is 20.6 Å². The van der Waals surface area contributed by atoms with E-state index in [9.17, 15) is 9.59 Å². The summed E-state index contributed by atoms with van der Waals surface area (Å²) in [7, 11) is 0. The van der Waals surface area contributed by atoms with Gasteiger partial charge in [0.25, 0.3) is 5.91 Å². The maximum atomic E-state index is 12.8. The Morgan fingerprint density at radius 1 is 1.21 bits per heavy atom. The lowest BCUT2D eigenvalue weighted by Gasteiger charge is -2.18. The number of aromatic amines is 1. The van der Waals surface area contributed by atoms with Crippen LogP contribution in [0.1, 0.15) is 46.7 Å². The van der Waals surface area contributed by atoms with E-state index in [0.717, 1.165) is 34.6 Å². The summed E-state index contributed by atoms with van der Waals surface area (Å²) >= 11 is 1.73. The zero-order valence-electron chi connectivity index (χ0n) is 15.6. The second kappa shape index (κ2) is 8.06. The van der Waals surface area contributed by atoms with Gasteiger partial charge in [-0.3, -0.25) is 9.59 Å². The van der Waals surface area contributed by atoms with Crippen molar-refractivity contribution >= 4 is 34.6 Å². The molecule has 2 atom stereocenters. The summed E-state index contributed by atoms with van der Waals surface area (Å²) in [4.78, 5) is 32.8. The number of amides is 2. The minimum absolute atomic E-state index is 0.103. The van der Waals surface area contributed by atoms with Crippen molar-refractivity contribution in [3.05, 3.63) is 65.5 Å². The lowest BCUT2D eigenvalue weighted by Crippen LogP contribution is -2.32. The van der Waals surface area contributed by atoms with Gasteiger partial charge in [-0.15, -0.1) is 0 Å². The van der Waals surface area contributed by atoms with E-state index in [1.165, 1.54) is 0 Å². The van der Waals surface area contributed by atoms with Gasteiger partial charge in [0.1, 0.15) is 5.82 Å². The summed E-state index contributed by atoms with van der Waals surface area (Å²) in [6.07, 6.45) is 3.03. The molecule has 1 aliphatic rings. The van der Waals surface area contributed by atoms with Crippen molar-refractivity contribution in [3.8, 4) is 0 Å². The zero-order valence-corrected chi connectivity index (χ0v) is 16.4.